The summed E-state index contributed by atoms with van der Waals surface area (Å²) in [4.78, 5) is 25.6. The molecule has 1 aromatic rings. The number of amides is 2. The van der Waals surface area contributed by atoms with Crippen molar-refractivity contribution >= 4 is 23.2 Å². The van der Waals surface area contributed by atoms with Crippen LogP contribution in [-0.4, -0.2) is 24.4 Å². The lowest BCUT2D eigenvalue weighted by molar-refractivity contribution is -0.119. The minimum absolute atomic E-state index is 0.0276. The molecule has 1 heterocycles. The number of carbonyl (C=O) groups is 2. The van der Waals surface area contributed by atoms with Crippen LogP contribution in [0, 0.1) is 5.92 Å². The van der Waals surface area contributed by atoms with E-state index in [0.717, 1.165) is 43.6 Å². The number of carbonyl (C=O) groups excluding carboxylic acids is 2. The second kappa shape index (κ2) is 5.85. The molecular weight excluding hydrogens is 266 g/mol. The molecule has 2 fully saturated rings. The maximum atomic E-state index is 12.1. The number of nitrogens with two attached hydrogens (primary N) is 1. The Morgan fingerprint density at radius 2 is 2.00 bits per heavy atom. The molecule has 1 aliphatic carbocycles. The zero-order valence-electron chi connectivity index (χ0n) is 12.0. The summed E-state index contributed by atoms with van der Waals surface area (Å²) in [5, 5.41) is 2.94. The molecule has 0 bridgehead atoms. The number of anilines is 2. The van der Waals surface area contributed by atoms with Gasteiger partial charge in [-0.3, -0.25) is 9.59 Å². The molecule has 1 aliphatic heterocycles. The van der Waals surface area contributed by atoms with Gasteiger partial charge in [0, 0.05) is 36.3 Å². The maximum Gasteiger partial charge on any atom is 0.227 e. The number of rotatable bonds is 3. The molecule has 0 aromatic heterocycles. The first-order valence-electron chi connectivity index (χ1n) is 7.60. The Hall–Kier alpha value is -1.88. The van der Waals surface area contributed by atoms with Crippen molar-refractivity contribution in [3.8, 4) is 0 Å². The van der Waals surface area contributed by atoms with Crippen molar-refractivity contribution in [2.45, 2.75) is 38.1 Å². The van der Waals surface area contributed by atoms with E-state index in [2.05, 4.69) is 5.32 Å². The van der Waals surface area contributed by atoms with E-state index < -0.39 is 0 Å². The third kappa shape index (κ3) is 3.08. The van der Waals surface area contributed by atoms with E-state index in [1.165, 1.54) is 0 Å². The van der Waals surface area contributed by atoms with Gasteiger partial charge in [-0.15, -0.1) is 0 Å². The van der Waals surface area contributed by atoms with Crippen molar-refractivity contribution in [2.24, 2.45) is 11.7 Å². The molecular formula is C16H21N3O2. The number of nitrogens with zero attached hydrogens (tertiary/aromatic N) is 1. The van der Waals surface area contributed by atoms with Crippen LogP contribution in [0.15, 0.2) is 24.3 Å². The third-order valence-corrected chi connectivity index (χ3v) is 4.36. The molecule has 1 saturated carbocycles. The van der Waals surface area contributed by atoms with Crippen LogP contribution in [-0.2, 0) is 9.59 Å². The minimum Gasteiger partial charge on any atom is -0.328 e. The highest BCUT2D eigenvalue weighted by atomic mass is 16.2. The van der Waals surface area contributed by atoms with Gasteiger partial charge in [0.05, 0.1) is 0 Å². The van der Waals surface area contributed by atoms with Crippen LogP contribution < -0.4 is 16.0 Å². The van der Waals surface area contributed by atoms with Gasteiger partial charge in [0.1, 0.15) is 0 Å². The summed E-state index contributed by atoms with van der Waals surface area (Å²) in [6, 6.07) is 7.64. The average molecular weight is 287 g/mol. The largest absolute Gasteiger partial charge is 0.328 e. The fourth-order valence-electron chi connectivity index (χ4n) is 3.14. The number of benzene rings is 1. The molecule has 2 atom stereocenters. The van der Waals surface area contributed by atoms with E-state index in [1.807, 2.05) is 24.3 Å². The van der Waals surface area contributed by atoms with E-state index >= 15 is 0 Å². The zero-order valence-corrected chi connectivity index (χ0v) is 12.0. The molecule has 0 spiro atoms. The standard InChI is InChI=1S/C16H21N3O2/c17-12-4-3-11(10-12)16(21)18-13-5-7-14(8-6-13)19-9-1-2-15(19)20/h5-8,11-12H,1-4,9-10,17H2,(H,18,21). The van der Waals surface area contributed by atoms with Gasteiger partial charge >= 0.3 is 0 Å². The summed E-state index contributed by atoms with van der Waals surface area (Å²) < 4.78 is 0. The monoisotopic (exact) mass is 287 g/mol. The predicted octanol–water partition coefficient (Wildman–Crippen LogP) is 1.88. The molecule has 2 amide bonds. The maximum absolute atomic E-state index is 12.1. The van der Waals surface area contributed by atoms with Crippen LogP contribution >= 0.6 is 0 Å². The fourth-order valence-corrected chi connectivity index (χ4v) is 3.14. The molecule has 2 aliphatic rings. The van der Waals surface area contributed by atoms with Crippen molar-refractivity contribution in [1.29, 1.82) is 0 Å². The van der Waals surface area contributed by atoms with Gasteiger partial charge in [0.25, 0.3) is 0 Å². The third-order valence-electron chi connectivity index (χ3n) is 4.36. The first kappa shape index (κ1) is 14.1. The Kier molecular flexibility index (Phi) is 3.92. The van der Waals surface area contributed by atoms with E-state index in [1.54, 1.807) is 4.90 Å². The van der Waals surface area contributed by atoms with Crippen molar-refractivity contribution in [1.82, 2.24) is 0 Å². The first-order chi connectivity index (χ1) is 10.1. The lowest BCUT2D eigenvalue weighted by Crippen LogP contribution is -2.24. The molecule has 1 saturated heterocycles. The van der Waals surface area contributed by atoms with Crippen LogP contribution in [0.25, 0.3) is 0 Å². The van der Waals surface area contributed by atoms with Crippen LogP contribution in [0.3, 0.4) is 0 Å². The summed E-state index contributed by atoms with van der Waals surface area (Å²) in [6.07, 6.45) is 4.10. The summed E-state index contributed by atoms with van der Waals surface area (Å²) in [5.74, 6) is 0.250. The summed E-state index contributed by atoms with van der Waals surface area (Å²) in [7, 11) is 0. The quantitative estimate of drug-likeness (QED) is 0.891. The lowest BCUT2D eigenvalue weighted by atomic mass is 10.1. The molecule has 2 unspecified atom stereocenters. The Labute approximate surface area is 124 Å². The smallest absolute Gasteiger partial charge is 0.227 e. The number of nitrogens with one attached hydrogen (secondary N) is 1. The lowest BCUT2D eigenvalue weighted by Gasteiger charge is -2.16. The highest BCUT2D eigenvalue weighted by Gasteiger charge is 2.27. The first-order valence-corrected chi connectivity index (χ1v) is 7.60. The Balaban J connectivity index is 1.62. The summed E-state index contributed by atoms with van der Waals surface area (Å²) in [5.41, 5.74) is 7.52. The van der Waals surface area contributed by atoms with Crippen molar-refractivity contribution in [3.63, 3.8) is 0 Å². The molecule has 1 aromatic carbocycles. The normalized spacial score (nSPS) is 25.4. The average Bonchev–Trinajstić information content (AvgIpc) is 3.08. The van der Waals surface area contributed by atoms with Crippen LogP contribution in [0.5, 0.6) is 0 Å². The molecule has 0 radical (unpaired) electrons. The van der Waals surface area contributed by atoms with Gasteiger partial charge in [0.15, 0.2) is 0 Å². The Bertz CT molecular complexity index is 541. The van der Waals surface area contributed by atoms with Gasteiger partial charge in [-0.1, -0.05) is 0 Å². The molecule has 3 N–H and O–H groups in total. The predicted molar refractivity (Wildman–Crippen MR) is 82.0 cm³/mol. The van der Waals surface area contributed by atoms with Gasteiger partial charge in [0.2, 0.25) is 11.8 Å². The topological polar surface area (TPSA) is 75.4 Å². The second-order valence-corrected chi connectivity index (χ2v) is 5.96. The highest BCUT2D eigenvalue weighted by molar-refractivity contribution is 5.96. The van der Waals surface area contributed by atoms with E-state index in [-0.39, 0.29) is 23.8 Å². The second-order valence-electron chi connectivity index (χ2n) is 5.96. The Morgan fingerprint density at radius 1 is 1.24 bits per heavy atom. The fraction of sp³-hybridized carbons (Fsp3) is 0.500. The number of hydrogen-bond acceptors (Lipinski definition) is 3. The molecule has 5 nitrogen and oxygen atoms in total. The minimum atomic E-state index is 0.0276. The van der Waals surface area contributed by atoms with Crippen molar-refractivity contribution in [3.05, 3.63) is 24.3 Å². The van der Waals surface area contributed by atoms with Crippen LogP contribution in [0.4, 0.5) is 11.4 Å². The van der Waals surface area contributed by atoms with Crippen LogP contribution in [0.2, 0.25) is 0 Å². The molecule has 5 heteroatoms. The zero-order chi connectivity index (χ0) is 14.8. The Morgan fingerprint density at radius 3 is 2.57 bits per heavy atom. The van der Waals surface area contributed by atoms with Gasteiger partial charge in [-0.25, -0.2) is 0 Å². The van der Waals surface area contributed by atoms with E-state index in [0.29, 0.717) is 6.42 Å². The number of hydrogen-bond donors (Lipinski definition) is 2. The molecule has 21 heavy (non-hydrogen) atoms. The molecule has 3 rings (SSSR count). The van der Waals surface area contributed by atoms with E-state index in [4.69, 9.17) is 5.73 Å². The summed E-state index contributed by atoms with van der Waals surface area (Å²) >= 11 is 0. The van der Waals surface area contributed by atoms with Crippen LogP contribution in [0.1, 0.15) is 32.1 Å². The summed E-state index contributed by atoms with van der Waals surface area (Å²) in [6.45, 7) is 0.782. The SMILES string of the molecule is NC1CCC(C(=O)Nc2ccc(N3CCCC3=O)cc2)C1. The van der Waals surface area contributed by atoms with Crippen molar-refractivity contribution in [2.75, 3.05) is 16.8 Å². The van der Waals surface area contributed by atoms with Gasteiger partial charge < -0.3 is 16.0 Å². The van der Waals surface area contributed by atoms with Gasteiger partial charge in [-0.05, 0) is 49.9 Å². The van der Waals surface area contributed by atoms with Crippen molar-refractivity contribution < 1.29 is 9.59 Å². The van der Waals surface area contributed by atoms with E-state index in [9.17, 15) is 9.59 Å². The molecule has 112 valence electrons. The van der Waals surface area contributed by atoms with Gasteiger partial charge in [-0.2, -0.15) is 0 Å². The highest BCUT2D eigenvalue weighted by Crippen LogP contribution is 2.27.